The second-order valence-electron chi connectivity index (χ2n) is 5.11. The molecule has 1 rings (SSSR count). The summed E-state index contributed by atoms with van der Waals surface area (Å²) in [5.41, 5.74) is -2.53. The molecule has 0 aliphatic heterocycles. The van der Waals surface area contributed by atoms with Gasteiger partial charge in [-0.05, 0) is 6.92 Å². The van der Waals surface area contributed by atoms with Gasteiger partial charge in [-0.25, -0.2) is 28.1 Å². The van der Waals surface area contributed by atoms with Gasteiger partial charge in [-0.3, -0.25) is 4.79 Å². The van der Waals surface area contributed by atoms with E-state index >= 15 is 0 Å². The van der Waals surface area contributed by atoms with E-state index in [4.69, 9.17) is 5.26 Å². The van der Waals surface area contributed by atoms with Crippen molar-refractivity contribution in [1.29, 1.82) is 5.26 Å². The van der Waals surface area contributed by atoms with E-state index in [9.17, 15) is 19.2 Å². The summed E-state index contributed by atoms with van der Waals surface area (Å²) in [6.07, 6.45) is 2.84. The second kappa shape index (κ2) is 9.22. The third-order valence-corrected chi connectivity index (χ3v) is 3.53. The average Bonchev–Trinajstić information content (AvgIpc) is 2.60. The fraction of sp³-hybridized carbons (Fsp3) is 0.438. The topological polar surface area (TPSA) is 110 Å². The Hall–Kier alpha value is -3.15. The summed E-state index contributed by atoms with van der Waals surface area (Å²) >= 11 is 0. The highest BCUT2D eigenvalue weighted by Crippen LogP contribution is 1.94. The molecule has 0 aromatic carbocycles. The molecule has 0 fully saturated rings. The van der Waals surface area contributed by atoms with Crippen molar-refractivity contribution in [2.75, 3.05) is 13.1 Å². The van der Waals surface area contributed by atoms with Gasteiger partial charge in [0.2, 0.25) is 5.91 Å². The molecule has 1 heterocycles. The van der Waals surface area contributed by atoms with Gasteiger partial charge in [0.1, 0.15) is 6.54 Å². The Labute approximate surface area is 144 Å². The molecule has 1 amide bonds. The van der Waals surface area contributed by atoms with Crippen LogP contribution in [0.4, 0.5) is 0 Å². The number of carbonyl (C=O) groups excluding carboxylic acids is 1. The molecule has 0 aliphatic rings. The van der Waals surface area contributed by atoms with E-state index in [0.717, 1.165) is 9.13 Å². The molecule has 0 radical (unpaired) electrons. The predicted octanol–water partition coefficient (Wildman–Crippen LogP) is -0.694. The molecule has 25 heavy (non-hydrogen) atoms. The first-order chi connectivity index (χ1) is 11.9. The summed E-state index contributed by atoms with van der Waals surface area (Å²) in [5.74, 6) is -0.481. The van der Waals surface area contributed by atoms with Crippen LogP contribution in [0.15, 0.2) is 39.7 Å². The van der Waals surface area contributed by atoms with Crippen molar-refractivity contribution in [2.45, 2.75) is 33.0 Å². The number of likely N-dealkylation sites (N-methyl/N-ethyl adjacent to an activating group) is 1. The van der Waals surface area contributed by atoms with Crippen LogP contribution in [-0.2, 0) is 24.4 Å². The Kier molecular flexibility index (Phi) is 7.34. The van der Waals surface area contributed by atoms with Crippen LogP contribution < -0.4 is 17.1 Å². The van der Waals surface area contributed by atoms with Crippen LogP contribution in [0.5, 0.6) is 0 Å². The third kappa shape index (κ3) is 4.44. The van der Waals surface area contributed by atoms with E-state index in [0.29, 0.717) is 11.1 Å². The maximum Gasteiger partial charge on any atom is 0.337 e. The van der Waals surface area contributed by atoms with E-state index in [1.165, 1.54) is 17.1 Å². The molecule has 0 spiro atoms. The molecular weight excluding hydrogens is 326 g/mol. The molecule has 0 atom stereocenters. The smallest absolute Gasteiger partial charge is 0.337 e. The number of nitrogens with zero attached hydrogens (tertiary/aromatic N) is 5. The summed E-state index contributed by atoms with van der Waals surface area (Å²) in [7, 11) is 0. The number of hydrogen-bond acceptors (Lipinski definition) is 5. The fourth-order valence-corrected chi connectivity index (χ4v) is 2.27. The Bertz CT molecular complexity index is 820. The van der Waals surface area contributed by atoms with Crippen LogP contribution in [0.25, 0.3) is 0 Å². The molecule has 134 valence electrons. The minimum Gasteiger partial charge on any atom is -0.340 e. The maximum absolute atomic E-state index is 12.4. The molecule has 0 saturated heterocycles. The van der Waals surface area contributed by atoms with Crippen molar-refractivity contribution in [2.24, 2.45) is 0 Å². The zero-order valence-electron chi connectivity index (χ0n) is 14.2. The molecule has 1 aromatic heterocycles. The quantitative estimate of drug-likeness (QED) is 0.549. The number of allylic oxidation sites excluding steroid dienone is 2. The fourth-order valence-electron chi connectivity index (χ4n) is 2.27. The van der Waals surface area contributed by atoms with E-state index in [1.807, 2.05) is 6.07 Å². The number of carbonyl (C=O) groups is 1. The van der Waals surface area contributed by atoms with Gasteiger partial charge in [-0.15, -0.1) is 13.2 Å². The number of hydrogen-bond donors (Lipinski definition) is 0. The monoisotopic (exact) mass is 347 g/mol. The Balaban J connectivity index is 3.42. The van der Waals surface area contributed by atoms with Crippen molar-refractivity contribution in [3.05, 3.63) is 56.8 Å². The van der Waals surface area contributed by atoms with E-state index in [2.05, 4.69) is 13.2 Å². The lowest BCUT2D eigenvalue weighted by molar-refractivity contribution is -0.131. The molecule has 0 unspecified atom stereocenters. The highest BCUT2D eigenvalue weighted by atomic mass is 16.2. The van der Waals surface area contributed by atoms with Crippen LogP contribution in [0.1, 0.15) is 13.3 Å². The van der Waals surface area contributed by atoms with Crippen molar-refractivity contribution >= 4 is 5.91 Å². The van der Waals surface area contributed by atoms with Crippen LogP contribution in [0.2, 0.25) is 0 Å². The van der Waals surface area contributed by atoms with Crippen LogP contribution in [0.3, 0.4) is 0 Å². The molecule has 0 aliphatic carbocycles. The Morgan fingerprint density at radius 2 is 1.56 bits per heavy atom. The van der Waals surface area contributed by atoms with Gasteiger partial charge in [0.15, 0.2) is 0 Å². The molecule has 0 saturated carbocycles. The van der Waals surface area contributed by atoms with Crippen LogP contribution in [-0.4, -0.2) is 37.6 Å². The lowest BCUT2D eigenvalue weighted by Gasteiger charge is -2.20. The van der Waals surface area contributed by atoms with Gasteiger partial charge in [-0.2, -0.15) is 5.26 Å². The summed E-state index contributed by atoms with van der Waals surface area (Å²) < 4.78 is 2.37. The summed E-state index contributed by atoms with van der Waals surface area (Å²) in [5, 5.41) is 8.64. The SMILES string of the molecule is C=CCn1c(=O)n(CC=C)c(=O)n(CC(=O)N(CC)CCC#N)c1=O. The molecule has 9 nitrogen and oxygen atoms in total. The minimum atomic E-state index is -0.875. The number of aromatic nitrogens is 3. The van der Waals surface area contributed by atoms with Crippen molar-refractivity contribution < 1.29 is 4.79 Å². The van der Waals surface area contributed by atoms with Gasteiger partial charge in [-0.1, -0.05) is 12.2 Å². The van der Waals surface area contributed by atoms with Gasteiger partial charge in [0, 0.05) is 13.1 Å². The first-order valence-electron chi connectivity index (χ1n) is 7.73. The van der Waals surface area contributed by atoms with Gasteiger partial charge in [0.05, 0.1) is 25.6 Å². The lowest BCUT2D eigenvalue weighted by atomic mass is 10.3. The number of rotatable bonds is 9. The Morgan fingerprint density at radius 3 is 1.96 bits per heavy atom. The predicted molar refractivity (Wildman–Crippen MR) is 92.1 cm³/mol. The number of amides is 1. The zero-order valence-corrected chi connectivity index (χ0v) is 14.2. The molecule has 9 heteroatoms. The van der Waals surface area contributed by atoms with E-state index in [-0.39, 0.29) is 26.1 Å². The van der Waals surface area contributed by atoms with Gasteiger partial charge in [0.25, 0.3) is 0 Å². The van der Waals surface area contributed by atoms with Crippen molar-refractivity contribution in [3.63, 3.8) is 0 Å². The summed E-state index contributed by atoms with van der Waals surface area (Å²) in [6.45, 7) is 8.54. The standard InChI is InChI=1S/C16H21N5O4/c1-4-9-19-14(23)20(10-5-2)16(25)21(15(19)24)12-13(22)18(6-3)11-7-8-17/h4-5H,1-2,6-7,9-12H2,3H3. The average molecular weight is 347 g/mol. The molecule has 0 N–H and O–H groups in total. The number of nitriles is 1. The molecule has 0 bridgehead atoms. The highest BCUT2D eigenvalue weighted by Gasteiger charge is 2.19. The Morgan fingerprint density at radius 1 is 1.08 bits per heavy atom. The van der Waals surface area contributed by atoms with Crippen LogP contribution >= 0.6 is 0 Å². The van der Waals surface area contributed by atoms with E-state index < -0.39 is 29.5 Å². The van der Waals surface area contributed by atoms with Crippen LogP contribution in [0, 0.1) is 11.3 Å². The summed E-state index contributed by atoms with van der Waals surface area (Å²) in [4.78, 5) is 50.8. The third-order valence-electron chi connectivity index (χ3n) is 3.53. The normalized spacial score (nSPS) is 10.1. The van der Waals surface area contributed by atoms with Crippen molar-refractivity contribution in [3.8, 4) is 6.07 Å². The lowest BCUT2D eigenvalue weighted by Crippen LogP contribution is -2.55. The minimum absolute atomic E-state index is 0.0881. The maximum atomic E-state index is 12.4. The zero-order chi connectivity index (χ0) is 19.0. The first kappa shape index (κ1) is 19.9. The second-order valence-corrected chi connectivity index (χ2v) is 5.11. The molecular formula is C16H21N5O4. The highest BCUT2D eigenvalue weighted by molar-refractivity contribution is 5.75. The largest absolute Gasteiger partial charge is 0.340 e. The van der Waals surface area contributed by atoms with E-state index in [1.54, 1.807) is 6.92 Å². The first-order valence-corrected chi connectivity index (χ1v) is 7.73. The van der Waals surface area contributed by atoms with Crippen molar-refractivity contribution in [1.82, 2.24) is 18.6 Å². The van der Waals surface area contributed by atoms with Gasteiger partial charge < -0.3 is 4.90 Å². The van der Waals surface area contributed by atoms with Gasteiger partial charge >= 0.3 is 17.1 Å². The summed E-state index contributed by atoms with van der Waals surface area (Å²) in [6, 6.07) is 1.94. The molecule has 1 aromatic rings.